The molecule has 2 unspecified atom stereocenters. The highest BCUT2D eigenvalue weighted by Gasteiger charge is 2.29. The molecular weight excluding hydrogens is 200 g/mol. The number of fused-ring (bicyclic) bond motifs is 1. The first-order valence-corrected chi connectivity index (χ1v) is 5.87. The zero-order valence-electron chi connectivity index (χ0n) is 9.44. The van der Waals surface area contributed by atoms with Crippen LogP contribution in [0.15, 0.2) is 22.6 Å². The molecule has 2 N–H and O–H groups in total. The number of nitrogens with zero attached hydrogens (tertiary/aromatic N) is 1. The van der Waals surface area contributed by atoms with Crippen molar-refractivity contribution in [2.75, 3.05) is 0 Å². The fraction of sp³-hybridized carbons (Fsp3) is 0.462. The van der Waals surface area contributed by atoms with Crippen LogP contribution in [0.3, 0.4) is 0 Å². The maximum Gasteiger partial charge on any atom is 0.200 e. The van der Waals surface area contributed by atoms with Gasteiger partial charge in [0.25, 0.3) is 0 Å². The maximum absolute atomic E-state index is 6.06. The first-order valence-electron chi connectivity index (χ1n) is 5.87. The van der Waals surface area contributed by atoms with Crippen molar-refractivity contribution in [1.82, 2.24) is 4.98 Å². The van der Waals surface area contributed by atoms with Crippen LogP contribution in [0.1, 0.15) is 36.6 Å². The molecule has 1 fully saturated rings. The number of hydrogen-bond acceptors (Lipinski definition) is 3. The van der Waals surface area contributed by atoms with E-state index in [-0.39, 0.29) is 6.04 Å². The molecule has 0 bridgehead atoms. The Morgan fingerprint density at radius 2 is 2.25 bits per heavy atom. The Kier molecular flexibility index (Phi) is 2.21. The lowest BCUT2D eigenvalue weighted by molar-refractivity contribution is 0.449. The number of aryl methyl sites for hydroxylation is 1. The fourth-order valence-electron chi connectivity index (χ4n) is 2.51. The minimum absolute atomic E-state index is 0.217. The van der Waals surface area contributed by atoms with Gasteiger partial charge in [0, 0.05) is 6.04 Å². The Morgan fingerprint density at radius 1 is 1.38 bits per heavy atom. The molecule has 1 aromatic carbocycles. The van der Waals surface area contributed by atoms with Crippen molar-refractivity contribution in [2.24, 2.45) is 5.73 Å². The van der Waals surface area contributed by atoms with Gasteiger partial charge in [-0.25, -0.2) is 4.98 Å². The number of nitrogens with two attached hydrogens (primary N) is 1. The fourth-order valence-corrected chi connectivity index (χ4v) is 2.51. The minimum Gasteiger partial charge on any atom is -0.440 e. The molecule has 1 saturated carbocycles. The van der Waals surface area contributed by atoms with E-state index in [9.17, 15) is 0 Å². The predicted molar refractivity (Wildman–Crippen MR) is 63.3 cm³/mol. The lowest BCUT2D eigenvalue weighted by atomic mass is 10.1. The first-order chi connectivity index (χ1) is 7.74. The molecule has 3 heteroatoms. The van der Waals surface area contributed by atoms with Crippen molar-refractivity contribution >= 4 is 11.1 Å². The Hall–Kier alpha value is -1.35. The van der Waals surface area contributed by atoms with E-state index in [1.165, 1.54) is 12.0 Å². The molecule has 1 aliphatic carbocycles. The molecule has 0 aliphatic heterocycles. The van der Waals surface area contributed by atoms with Crippen molar-refractivity contribution in [3.63, 3.8) is 0 Å². The van der Waals surface area contributed by atoms with Crippen molar-refractivity contribution in [1.29, 1.82) is 0 Å². The van der Waals surface area contributed by atoms with Gasteiger partial charge in [-0.3, -0.25) is 0 Å². The first kappa shape index (κ1) is 9.85. The van der Waals surface area contributed by atoms with Gasteiger partial charge in [-0.05, 0) is 37.5 Å². The van der Waals surface area contributed by atoms with E-state index in [2.05, 4.69) is 18.0 Å². The Balaban J connectivity index is 2.04. The van der Waals surface area contributed by atoms with E-state index in [0.717, 1.165) is 29.8 Å². The van der Waals surface area contributed by atoms with Crippen molar-refractivity contribution in [3.8, 4) is 0 Å². The van der Waals surface area contributed by atoms with Crippen molar-refractivity contribution < 1.29 is 4.42 Å². The molecule has 0 saturated heterocycles. The molecule has 0 radical (unpaired) electrons. The molecule has 3 rings (SSSR count). The smallest absolute Gasteiger partial charge is 0.200 e. The SMILES string of the molecule is Cc1ccc2oc(C3CCCC3N)nc2c1. The highest BCUT2D eigenvalue weighted by atomic mass is 16.3. The van der Waals surface area contributed by atoms with E-state index in [1.807, 2.05) is 12.1 Å². The summed E-state index contributed by atoms with van der Waals surface area (Å²) in [6.07, 6.45) is 3.37. The highest BCUT2D eigenvalue weighted by Crippen LogP contribution is 2.34. The normalized spacial score (nSPS) is 25.4. The topological polar surface area (TPSA) is 52.0 Å². The van der Waals surface area contributed by atoms with E-state index in [0.29, 0.717) is 5.92 Å². The summed E-state index contributed by atoms with van der Waals surface area (Å²) in [5, 5.41) is 0. The third-order valence-electron chi connectivity index (χ3n) is 3.45. The molecule has 0 spiro atoms. The van der Waals surface area contributed by atoms with Gasteiger partial charge in [-0.15, -0.1) is 0 Å². The minimum atomic E-state index is 0.217. The number of rotatable bonds is 1. The molecule has 2 aromatic rings. The van der Waals surface area contributed by atoms with Crippen LogP contribution in [0.2, 0.25) is 0 Å². The maximum atomic E-state index is 6.06. The second kappa shape index (κ2) is 3.59. The van der Waals surface area contributed by atoms with Crippen molar-refractivity contribution in [3.05, 3.63) is 29.7 Å². The second-order valence-corrected chi connectivity index (χ2v) is 4.72. The number of benzene rings is 1. The summed E-state index contributed by atoms with van der Waals surface area (Å²) in [6.45, 7) is 2.06. The zero-order chi connectivity index (χ0) is 11.1. The summed E-state index contributed by atoms with van der Waals surface area (Å²) in [7, 11) is 0. The van der Waals surface area contributed by atoms with E-state index in [1.54, 1.807) is 0 Å². The lowest BCUT2D eigenvalue weighted by Gasteiger charge is -2.09. The lowest BCUT2D eigenvalue weighted by Crippen LogP contribution is -2.22. The van der Waals surface area contributed by atoms with Gasteiger partial charge in [-0.2, -0.15) is 0 Å². The zero-order valence-corrected chi connectivity index (χ0v) is 9.44. The van der Waals surface area contributed by atoms with Crippen LogP contribution in [0, 0.1) is 6.92 Å². The number of oxazole rings is 1. The van der Waals surface area contributed by atoms with Crippen LogP contribution >= 0.6 is 0 Å². The largest absolute Gasteiger partial charge is 0.440 e. The summed E-state index contributed by atoms with van der Waals surface area (Å²) in [4.78, 5) is 4.56. The van der Waals surface area contributed by atoms with Crippen LogP contribution in [0.25, 0.3) is 11.1 Å². The molecule has 1 heterocycles. The van der Waals surface area contributed by atoms with Crippen LogP contribution in [-0.2, 0) is 0 Å². The Bertz CT molecular complexity index is 518. The van der Waals surface area contributed by atoms with Gasteiger partial charge in [0.2, 0.25) is 0 Å². The third kappa shape index (κ3) is 1.52. The van der Waals surface area contributed by atoms with Gasteiger partial charge in [0.15, 0.2) is 11.5 Å². The molecule has 3 nitrogen and oxygen atoms in total. The third-order valence-corrected chi connectivity index (χ3v) is 3.45. The summed E-state index contributed by atoms with van der Waals surface area (Å²) >= 11 is 0. The van der Waals surface area contributed by atoms with Gasteiger partial charge >= 0.3 is 0 Å². The summed E-state index contributed by atoms with van der Waals surface area (Å²) in [5.74, 6) is 1.14. The number of hydrogen-bond donors (Lipinski definition) is 1. The Labute approximate surface area is 94.7 Å². The summed E-state index contributed by atoms with van der Waals surface area (Å²) in [6, 6.07) is 6.31. The predicted octanol–water partition coefficient (Wildman–Crippen LogP) is 2.73. The summed E-state index contributed by atoms with van der Waals surface area (Å²) < 4.78 is 5.79. The monoisotopic (exact) mass is 216 g/mol. The quantitative estimate of drug-likeness (QED) is 0.797. The second-order valence-electron chi connectivity index (χ2n) is 4.72. The van der Waals surface area contributed by atoms with Gasteiger partial charge in [0.05, 0.1) is 5.92 Å². The average Bonchev–Trinajstić information content (AvgIpc) is 2.82. The molecule has 1 aromatic heterocycles. The molecular formula is C13H16N2O. The summed E-state index contributed by atoms with van der Waals surface area (Å²) in [5.41, 5.74) is 9.10. The van der Waals surface area contributed by atoms with Crippen LogP contribution in [0.5, 0.6) is 0 Å². The standard InChI is InChI=1S/C13H16N2O/c1-8-5-6-12-11(7-8)15-13(16-12)9-3-2-4-10(9)14/h5-7,9-10H,2-4,14H2,1H3. The van der Waals surface area contributed by atoms with Gasteiger partial charge in [0.1, 0.15) is 5.52 Å². The van der Waals surface area contributed by atoms with E-state index in [4.69, 9.17) is 10.2 Å². The van der Waals surface area contributed by atoms with E-state index < -0.39 is 0 Å². The molecule has 1 aliphatic rings. The van der Waals surface area contributed by atoms with Crippen molar-refractivity contribution in [2.45, 2.75) is 38.1 Å². The van der Waals surface area contributed by atoms with Gasteiger partial charge < -0.3 is 10.2 Å². The van der Waals surface area contributed by atoms with Crippen LogP contribution < -0.4 is 5.73 Å². The molecule has 0 amide bonds. The highest BCUT2D eigenvalue weighted by molar-refractivity contribution is 5.73. The molecule has 16 heavy (non-hydrogen) atoms. The van der Waals surface area contributed by atoms with E-state index >= 15 is 0 Å². The molecule has 2 atom stereocenters. The molecule has 84 valence electrons. The van der Waals surface area contributed by atoms with Crippen LogP contribution in [0.4, 0.5) is 0 Å². The average molecular weight is 216 g/mol. The van der Waals surface area contributed by atoms with Crippen LogP contribution in [-0.4, -0.2) is 11.0 Å². The Morgan fingerprint density at radius 3 is 3.00 bits per heavy atom. The number of aromatic nitrogens is 1. The van der Waals surface area contributed by atoms with Gasteiger partial charge in [-0.1, -0.05) is 12.5 Å².